The molecule has 4 aromatic rings. The number of imidazole rings is 1. The number of aliphatic hydroxyl groups excluding tert-OH is 3. The standard InChI is InChI=1S/C33H48N2O3.3C7H6O2/c1-5-7-25-20-34-31(35-25)33(16-17-33)30(38)14-9-21(2)27-12-13-28-23(8-6-15-32(27,28)4)10-11-24-18-26(36)19-29(37)22(24)3;3*8-7(9)6-4-2-1-3-5-6/h9-11,14,20-21,26-30,36-38H,3,5-8,12-13,15-19H2,1-2,4H3,(H,34,35);3*1-5H,(H,8,9)/b14-9+,23-10+,24-11-;;;/t21-,26-,27-,28+,29+,30-,32-;;;/m1.../s1. The van der Waals surface area contributed by atoms with Crippen LogP contribution in [-0.4, -0.2) is 76.8 Å². The van der Waals surface area contributed by atoms with Crippen LogP contribution >= 0.6 is 0 Å². The summed E-state index contributed by atoms with van der Waals surface area (Å²) in [5.74, 6) is -0.114. The zero-order chi connectivity index (χ0) is 47.1. The highest BCUT2D eigenvalue weighted by molar-refractivity contribution is 5.88. The molecule has 7 N–H and O–H groups in total. The van der Waals surface area contributed by atoms with Crippen LogP contribution in [-0.2, 0) is 11.8 Å². The molecular weight excluding hydrogens is 821 g/mol. The van der Waals surface area contributed by atoms with E-state index in [2.05, 4.69) is 61.6 Å². The number of benzene rings is 3. The number of carbonyl (C=O) groups is 3. The summed E-state index contributed by atoms with van der Waals surface area (Å²) in [5, 5.41) is 56.7. The minimum Gasteiger partial charge on any atom is -0.478 e. The fourth-order valence-corrected chi connectivity index (χ4v) is 9.77. The highest BCUT2D eigenvalue weighted by atomic mass is 16.4. The number of nitrogens with zero attached hydrogens (tertiary/aromatic N) is 1. The number of aliphatic hydroxyl groups is 3. The zero-order valence-electron chi connectivity index (χ0n) is 37.9. The van der Waals surface area contributed by atoms with Crippen molar-refractivity contribution in [1.82, 2.24) is 9.97 Å². The molecule has 4 aliphatic rings. The van der Waals surface area contributed by atoms with Crippen molar-refractivity contribution >= 4 is 17.9 Å². The Hall–Kier alpha value is -5.88. The van der Waals surface area contributed by atoms with Gasteiger partial charge >= 0.3 is 17.9 Å². The van der Waals surface area contributed by atoms with E-state index in [4.69, 9.17) is 15.3 Å². The van der Waals surface area contributed by atoms with Crippen molar-refractivity contribution in [2.24, 2.45) is 23.2 Å². The number of aromatic carboxylic acids is 3. The average molecular weight is 887 g/mol. The van der Waals surface area contributed by atoms with E-state index in [-0.39, 0.29) is 10.8 Å². The zero-order valence-corrected chi connectivity index (χ0v) is 37.9. The van der Waals surface area contributed by atoms with Crippen LogP contribution in [0.4, 0.5) is 0 Å². The molecule has 346 valence electrons. The summed E-state index contributed by atoms with van der Waals surface area (Å²) in [5.41, 5.74) is 5.45. The molecule has 11 heteroatoms. The van der Waals surface area contributed by atoms with E-state index >= 15 is 0 Å². The van der Waals surface area contributed by atoms with Gasteiger partial charge in [0, 0.05) is 18.3 Å². The number of fused-ring (bicyclic) bond motifs is 1. The van der Waals surface area contributed by atoms with Gasteiger partial charge in [0.1, 0.15) is 5.82 Å². The largest absolute Gasteiger partial charge is 0.478 e. The number of carboxylic acid groups (broad SMARTS) is 3. The lowest BCUT2D eigenvalue weighted by Crippen LogP contribution is -2.35. The molecule has 4 fully saturated rings. The molecule has 0 bridgehead atoms. The summed E-state index contributed by atoms with van der Waals surface area (Å²) in [6.45, 7) is 11.1. The third-order valence-corrected chi connectivity index (χ3v) is 13.6. The van der Waals surface area contributed by atoms with Crippen LogP contribution in [0.25, 0.3) is 0 Å². The molecule has 0 spiro atoms. The monoisotopic (exact) mass is 886 g/mol. The van der Waals surface area contributed by atoms with E-state index in [1.807, 2.05) is 6.20 Å². The predicted molar refractivity (Wildman–Crippen MR) is 253 cm³/mol. The second-order valence-electron chi connectivity index (χ2n) is 18.0. The van der Waals surface area contributed by atoms with Crippen LogP contribution in [0.2, 0.25) is 0 Å². The third kappa shape index (κ3) is 13.3. The van der Waals surface area contributed by atoms with Crippen molar-refractivity contribution in [1.29, 1.82) is 0 Å². The van der Waals surface area contributed by atoms with Gasteiger partial charge in [-0.25, -0.2) is 19.4 Å². The van der Waals surface area contributed by atoms with E-state index in [1.54, 1.807) is 91.0 Å². The second-order valence-corrected chi connectivity index (χ2v) is 18.0. The Kier molecular flexibility index (Phi) is 18.0. The van der Waals surface area contributed by atoms with E-state index in [0.717, 1.165) is 49.1 Å². The Morgan fingerprint density at radius 2 is 1.35 bits per heavy atom. The fraction of sp³-hybridized carbons (Fsp3) is 0.407. The molecule has 0 saturated heterocycles. The van der Waals surface area contributed by atoms with Gasteiger partial charge in [0.25, 0.3) is 0 Å². The van der Waals surface area contributed by atoms with Crippen LogP contribution in [0, 0.1) is 23.2 Å². The van der Waals surface area contributed by atoms with Crippen LogP contribution in [0.1, 0.15) is 128 Å². The Morgan fingerprint density at radius 3 is 1.83 bits per heavy atom. The van der Waals surface area contributed by atoms with Gasteiger partial charge in [0.2, 0.25) is 0 Å². The number of allylic oxidation sites excluding steroid dienone is 4. The number of carboxylic acids is 3. The van der Waals surface area contributed by atoms with E-state index in [0.29, 0.717) is 47.3 Å². The van der Waals surface area contributed by atoms with E-state index < -0.39 is 36.2 Å². The number of H-pyrrole nitrogens is 1. The molecule has 7 atom stereocenters. The molecule has 0 aliphatic heterocycles. The SMILES string of the molecule is C=C1/C(=C\C=C2/CCC[C@]3(C)[C@@H]([C@H](C)/C=C/[C@@H](O)C4(c5ncc(CCC)[nH]5)CC4)CC[C@@H]23)C[C@@H](O)C[C@@H]1O.O=C(O)c1ccccc1.O=C(O)c1ccccc1.O=C(O)c1ccccc1. The fourth-order valence-electron chi connectivity index (χ4n) is 9.77. The molecule has 65 heavy (non-hydrogen) atoms. The van der Waals surface area contributed by atoms with Crippen LogP contribution < -0.4 is 0 Å². The summed E-state index contributed by atoms with van der Waals surface area (Å²) in [7, 11) is 0. The quantitative estimate of drug-likeness (QED) is 0.0711. The van der Waals surface area contributed by atoms with Gasteiger partial charge in [-0.05, 0) is 129 Å². The number of aryl methyl sites for hydroxylation is 1. The summed E-state index contributed by atoms with van der Waals surface area (Å²) in [6.07, 6.45) is 20.1. The van der Waals surface area contributed by atoms with E-state index in [1.165, 1.54) is 37.0 Å². The van der Waals surface area contributed by atoms with Crippen molar-refractivity contribution in [2.45, 2.75) is 115 Å². The van der Waals surface area contributed by atoms with Gasteiger partial charge in [-0.2, -0.15) is 0 Å². The second kappa shape index (κ2) is 23.3. The topological polar surface area (TPSA) is 201 Å². The molecule has 4 saturated carbocycles. The Balaban J connectivity index is 0.000000234. The molecule has 4 aliphatic carbocycles. The van der Waals surface area contributed by atoms with Gasteiger partial charge in [-0.3, -0.25) is 0 Å². The Labute approximate surface area is 383 Å². The average Bonchev–Trinajstić information content (AvgIpc) is 3.84. The van der Waals surface area contributed by atoms with Gasteiger partial charge in [-0.15, -0.1) is 0 Å². The first-order chi connectivity index (χ1) is 31.1. The first kappa shape index (κ1) is 50.1. The summed E-state index contributed by atoms with van der Waals surface area (Å²) >= 11 is 0. The van der Waals surface area contributed by atoms with Crippen LogP contribution in [0.3, 0.4) is 0 Å². The number of hydrogen-bond acceptors (Lipinski definition) is 7. The summed E-state index contributed by atoms with van der Waals surface area (Å²) in [6, 6.07) is 24.9. The first-order valence-electron chi connectivity index (χ1n) is 22.8. The van der Waals surface area contributed by atoms with Gasteiger partial charge < -0.3 is 35.6 Å². The number of aromatic nitrogens is 2. The third-order valence-electron chi connectivity index (χ3n) is 13.6. The van der Waals surface area contributed by atoms with Crippen molar-refractivity contribution in [3.8, 4) is 0 Å². The molecule has 1 aromatic heterocycles. The lowest BCUT2D eigenvalue weighted by atomic mass is 9.61. The van der Waals surface area contributed by atoms with Crippen molar-refractivity contribution < 1.29 is 45.0 Å². The smallest absolute Gasteiger partial charge is 0.335 e. The molecular formula is C54H66N2O9. The number of rotatable bonds is 11. The van der Waals surface area contributed by atoms with E-state index in [9.17, 15) is 29.7 Å². The maximum atomic E-state index is 11.2. The summed E-state index contributed by atoms with van der Waals surface area (Å²) < 4.78 is 0. The van der Waals surface area contributed by atoms with Gasteiger partial charge in [-0.1, -0.05) is 118 Å². The summed E-state index contributed by atoms with van der Waals surface area (Å²) in [4.78, 5) is 38.7. The maximum Gasteiger partial charge on any atom is 0.335 e. The van der Waals surface area contributed by atoms with Crippen molar-refractivity contribution in [3.63, 3.8) is 0 Å². The first-order valence-corrected chi connectivity index (χ1v) is 22.8. The molecule has 11 nitrogen and oxygen atoms in total. The van der Waals surface area contributed by atoms with Crippen LogP contribution in [0.15, 0.2) is 145 Å². The van der Waals surface area contributed by atoms with Crippen LogP contribution in [0.5, 0.6) is 0 Å². The molecule has 8 rings (SSSR count). The Bertz CT molecular complexity index is 2160. The lowest BCUT2D eigenvalue weighted by molar-refractivity contribution is 0.0686. The maximum absolute atomic E-state index is 11.2. The van der Waals surface area contributed by atoms with Gasteiger partial charge in [0.15, 0.2) is 0 Å². The highest BCUT2D eigenvalue weighted by Crippen LogP contribution is 2.60. The number of nitrogens with one attached hydrogen (secondary N) is 1. The molecule has 0 unspecified atom stereocenters. The number of hydrogen-bond donors (Lipinski definition) is 7. The molecule has 3 aromatic carbocycles. The number of aromatic amines is 1. The predicted octanol–water partition coefficient (Wildman–Crippen LogP) is 10.2. The lowest BCUT2D eigenvalue weighted by Gasteiger charge is -2.44. The van der Waals surface area contributed by atoms with Crippen molar-refractivity contribution in [3.05, 3.63) is 173 Å². The highest BCUT2D eigenvalue weighted by Gasteiger charge is 2.53. The molecule has 0 amide bonds. The normalized spacial score (nSPS) is 25.1. The van der Waals surface area contributed by atoms with Crippen molar-refractivity contribution in [2.75, 3.05) is 0 Å². The Morgan fingerprint density at radius 1 is 0.815 bits per heavy atom. The minimum absolute atomic E-state index is 0.233. The molecule has 1 heterocycles. The molecule has 0 radical (unpaired) electrons. The van der Waals surface area contributed by atoms with Gasteiger partial charge in [0.05, 0.1) is 40.4 Å². The minimum atomic E-state index is -0.879.